The zero-order valence-electron chi connectivity index (χ0n) is 20.7. The van der Waals surface area contributed by atoms with Crippen LogP contribution in [0.5, 0.6) is 0 Å². The minimum absolute atomic E-state index is 0. The average Bonchev–Trinajstić information content (AvgIpc) is 3.36. The van der Waals surface area contributed by atoms with Crippen molar-refractivity contribution in [1.82, 2.24) is 10.2 Å². The minimum atomic E-state index is -4.41. The van der Waals surface area contributed by atoms with E-state index in [1.165, 1.54) is 11.3 Å². The van der Waals surface area contributed by atoms with Crippen molar-refractivity contribution in [3.8, 4) is 0 Å². The molecule has 1 unspecified atom stereocenters. The second kappa shape index (κ2) is 14.1. The first kappa shape index (κ1) is 36.8. The van der Waals surface area contributed by atoms with Gasteiger partial charge < -0.3 is 14.8 Å². The Hall–Kier alpha value is -0.440. The number of rotatable bonds is 11. The van der Waals surface area contributed by atoms with Gasteiger partial charge in [-0.15, -0.1) is 35.5 Å². The van der Waals surface area contributed by atoms with Gasteiger partial charge in [0.05, 0.1) is 6.42 Å². The van der Waals surface area contributed by atoms with Crippen LogP contribution in [0.3, 0.4) is 0 Å². The van der Waals surface area contributed by atoms with Gasteiger partial charge >= 0.3 is 14.3 Å². The van der Waals surface area contributed by atoms with Crippen molar-refractivity contribution in [3.05, 3.63) is 33.7 Å². The molecular weight excluding hydrogens is 829 g/mol. The number of amides is 2. The molecule has 1 saturated heterocycles. The number of sulfone groups is 1. The van der Waals surface area contributed by atoms with Gasteiger partial charge in [0, 0.05) is 29.4 Å². The molecule has 1 fully saturated rings. The first-order valence-electron chi connectivity index (χ1n) is 10.7. The highest BCUT2D eigenvalue weighted by Crippen LogP contribution is 2.51. The van der Waals surface area contributed by atoms with E-state index in [4.69, 9.17) is 60.6 Å². The van der Waals surface area contributed by atoms with Gasteiger partial charge in [-0.1, -0.05) is 52.5 Å². The summed E-state index contributed by atoms with van der Waals surface area (Å²) < 4.78 is 47.7. The zero-order valence-corrected chi connectivity index (χ0v) is 29.1. The molecule has 0 aromatic carbocycles. The standard InChI is InChI=1S/C20H19Cl4IN2O10S3.ClH/c1-10(28)35-7-11-8-39-17-19(37-20(24,25-32)40(2,33)34,26-13(29)6-12-4-3-5-38-12)16(31)27(17)14(11)15(30)36-9-18(21,22)23;/h3-5,17H,6-9H2,1-2H3,(H,26,29);1H/t17-,19-,20?;/m1./s1. The SMILES string of the molecule is CC(=O)OCC1=C(C(=O)OCC(Cl)(Cl)Cl)N2C(=O)[C@@](NC(=O)Cc3cccs3)(OC(Cl)(I=O)S(C)(=O)=O)[C@H]2SC1.Cl. The van der Waals surface area contributed by atoms with E-state index in [9.17, 15) is 30.7 Å². The van der Waals surface area contributed by atoms with Gasteiger partial charge in [0.25, 0.3) is 11.6 Å². The van der Waals surface area contributed by atoms with Crippen molar-refractivity contribution in [2.45, 2.75) is 30.6 Å². The lowest BCUT2D eigenvalue weighted by atomic mass is 9.98. The smallest absolute Gasteiger partial charge is 0.355 e. The fourth-order valence-electron chi connectivity index (χ4n) is 3.49. The lowest BCUT2D eigenvalue weighted by molar-refractivity contribution is -0.198. The maximum Gasteiger partial charge on any atom is 0.355 e. The highest BCUT2D eigenvalue weighted by molar-refractivity contribution is 14.1. The first-order chi connectivity index (χ1) is 18.4. The molecule has 1 aromatic rings. The second-order valence-corrected chi connectivity index (χ2v) is 19.0. The number of nitrogens with one attached hydrogen (secondary N) is 1. The molecule has 0 bridgehead atoms. The van der Waals surface area contributed by atoms with E-state index in [0.29, 0.717) is 11.1 Å². The van der Waals surface area contributed by atoms with E-state index >= 15 is 0 Å². The molecule has 3 rings (SSSR count). The molecule has 2 amide bonds. The Kier molecular flexibility index (Phi) is 12.6. The van der Waals surface area contributed by atoms with Crippen LogP contribution in [0.1, 0.15) is 11.8 Å². The van der Waals surface area contributed by atoms with Gasteiger partial charge in [-0.25, -0.2) is 13.2 Å². The third kappa shape index (κ3) is 8.39. The Balaban J connectivity index is 0.00000588. The van der Waals surface area contributed by atoms with Gasteiger partial charge in [-0.2, -0.15) is 0 Å². The number of carbonyl (C=O) groups is 4. The quantitative estimate of drug-likeness (QED) is 0.114. The number of nitrogens with zero attached hydrogens (tertiary/aromatic N) is 1. The van der Waals surface area contributed by atoms with Crippen LogP contribution in [-0.2, 0) is 52.7 Å². The van der Waals surface area contributed by atoms with Crippen LogP contribution in [0.2, 0.25) is 0 Å². The third-order valence-corrected chi connectivity index (χ3v) is 13.6. The molecule has 2 aliphatic heterocycles. The Bertz CT molecular complexity index is 1360. The molecule has 0 aliphatic carbocycles. The Morgan fingerprint density at radius 1 is 1.24 bits per heavy atom. The molecule has 0 spiro atoms. The number of fused-ring (bicyclic) bond motifs is 1. The van der Waals surface area contributed by atoms with Gasteiger partial charge in [-0.05, 0) is 11.4 Å². The summed E-state index contributed by atoms with van der Waals surface area (Å²) in [4.78, 5) is 52.8. The predicted octanol–water partition coefficient (Wildman–Crippen LogP) is 3.40. The number of carbonyl (C=O) groups excluding carboxylic acids is 4. The summed E-state index contributed by atoms with van der Waals surface area (Å²) >= 11 is 22.7. The molecular formula is C20H20Cl5IN2O10S3. The molecule has 0 saturated carbocycles. The summed E-state index contributed by atoms with van der Waals surface area (Å²) in [5.41, 5.74) is -2.72. The van der Waals surface area contributed by atoms with Crippen molar-refractivity contribution >= 4 is 137 Å². The fraction of sp³-hybridized carbons (Fsp3) is 0.500. The van der Waals surface area contributed by atoms with Crippen LogP contribution >= 0.6 is 103 Å². The monoisotopic (exact) mass is 846 g/mol. The lowest BCUT2D eigenvalue weighted by Gasteiger charge is -2.57. The van der Waals surface area contributed by atoms with Gasteiger partial charge in [0.15, 0.2) is 0 Å². The summed E-state index contributed by atoms with van der Waals surface area (Å²) in [6.07, 6.45) is 0.448. The Labute approximate surface area is 279 Å². The molecule has 1 N–H and O–H groups in total. The Morgan fingerprint density at radius 2 is 1.90 bits per heavy atom. The van der Waals surface area contributed by atoms with E-state index in [-0.39, 0.29) is 30.2 Å². The molecule has 3 heterocycles. The summed E-state index contributed by atoms with van der Waals surface area (Å²) in [6, 6.07) is 3.36. The van der Waals surface area contributed by atoms with E-state index < -0.39 is 91.0 Å². The number of hydrogen-bond donors (Lipinski definition) is 1. The lowest BCUT2D eigenvalue weighted by Crippen LogP contribution is -2.82. The summed E-state index contributed by atoms with van der Waals surface area (Å²) in [5, 5.41) is 2.83. The number of esters is 2. The first-order valence-corrected chi connectivity index (χ1v) is 18.0. The van der Waals surface area contributed by atoms with Gasteiger partial charge in [0.1, 0.15) is 24.3 Å². The van der Waals surface area contributed by atoms with Crippen molar-refractivity contribution < 1.29 is 44.9 Å². The largest absolute Gasteiger partial charge is 0.461 e. The van der Waals surface area contributed by atoms with Crippen LogP contribution in [0, 0.1) is 0 Å². The number of thioether (sulfide) groups is 1. The van der Waals surface area contributed by atoms with E-state index in [1.54, 1.807) is 17.5 Å². The van der Waals surface area contributed by atoms with Crippen LogP contribution in [-0.4, -0.2) is 79.6 Å². The summed E-state index contributed by atoms with van der Waals surface area (Å²) in [7, 11) is -4.41. The molecule has 12 nitrogen and oxygen atoms in total. The molecule has 41 heavy (non-hydrogen) atoms. The van der Waals surface area contributed by atoms with Crippen LogP contribution in [0.25, 0.3) is 0 Å². The van der Waals surface area contributed by atoms with Crippen LogP contribution < -0.4 is 5.32 Å². The topological polar surface area (TPSA) is 162 Å². The Morgan fingerprint density at radius 3 is 2.41 bits per heavy atom. The summed E-state index contributed by atoms with van der Waals surface area (Å²) in [5.74, 6) is -3.77. The van der Waals surface area contributed by atoms with E-state index in [1.807, 2.05) is 0 Å². The fourth-order valence-corrected chi connectivity index (χ4v) is 7.66. The molecule has 3 atom stereocenters. The van der Waals surface area contributed by atoms with Crippen molar-refractivity contribution in [3.63, 3.8) is 0 Å². The highest BCUT2D eigenvalue weighted by atomic mass is 127. The minimum Gasteiger partial charge on any atom is -0.461 e. The summed E-state index contributed by atoms with van der Waals surface area (Å²) in [6.45, 7) is 0.0119. The maximum absolute atomic E-state index is 13.8. The maximum atomic E-state index is 13.8. The molecule has 21 heteroatoms. The number of ether oxygens (including phenoxy) is 3. The molecule has 2 aliphatic rings. The van der Waals surface area contributed by atoms with E-state index in [0.717, 1.165) is 23.6 Å². The van der Waals surface area contributed by atoms with Crippen LogP contribution in [0.4, 0.5) is 0 Å². The predicted molar refractivity (Wildman–Crippen MR) is 163 cm³/mol. The number of β-lactam (4-membered cyclic amide) rings is 1. The molecule has 1 aromatic heterocycles. The normalized spacial score (nSPS) is 22.0. The number of hydrogen-bond acceptors (Lipinski definition) is 12. The van der Waals surface area contributed by atoms with E-state index in [2.05, 4.69) is 5.32 Å². The zero-order chi connectivity index (χ0) is 30.1. The second-order valence-electron chi connectivity index (χ2n) is 8.22. The van der Waals surface area contributed by atoms with Crippen LogP contribution in [0.15, 0.2) is 28.8 Å². The van der Waals surface area contributed by atoms with Gasteiger partial charge in [-0.3, -0.25) is 27.1 Å². The third-order valence-electron chi connectivity index (χ3n) is 5.16. The molecule has 0 radical (unpaired) electrons. The number of thiophene rings is 1. The van der Waals surface area contributed by atoms with Crippen molar-refractivity contribution in [2.75, 3.05) is 25.2 Å². The number of halogens is 6. The van der Waals surface area contributed by atoms with Crippen molar-refractivity contribution in [1.29, 1.82) is 0 Å². The van der Waals surface area contributed by atoms with Crippen molar-refractivity contribution in [2.24, 2.45) is 0 Å². The number of alkyl halides is 5. The molecule has 230 valence electrons. The van der Waals surface area contributed by atoms with Gasteiger partial charge in [0.2, 0.25) is 40.7 Å². The highest BCUT2D eigenvalue weighted by Gasteiger charge is 2.70. The average molecular weight is 849 g/mol.